The monoisotopic (exact) mass is 515 g/mol. The van der Waals surface area contributed by atoms with Gasteiger partial charge in [-0.3, -0.25) is 5.32 Å². The van der Waals surface area contributed by atoms with Crippen LogP contribution in [0.3, 0.4) is 0 Å². The van der Waals surface area contributed by atoms with Gasteiger partial charge < -0.3 is 9.30 Å². The van der Waals surface area contributed by atoms with Gasteiger partial charge in [0.15, 0.2) is 0 Å². The molecule has 0 spiro atoms. The van der Waals surface area contributed by atoms with Gasteiger partial charge in [-0.25, -0.2) is 4.79 Å². The lowest BCUT2D eigenvalue weighted by Gasteiger charge is -2.34. The molecule has 35 heavy (non-hydrogen) atoms. The Morgan fingerprint density at radius 2 is 1.20 bits per heavy atom. The van der Waals surface area contributed by atoms with Crippen LogP contribution in [0, 0.1) is 0 Å². The number of nitrogens with one attached hydrogen (secondary N) is 1. The second-order valence-electron chi connectivity index (χ2n) is 7.81. The van der Waals surface area contributed by atoms with E-state index in [4.69, 9.17) is 4.74 Å². The zero-order valence-corrected chi connectivity index (χ0v) is 19.1. The van der Waals surface area contributed by atoms with E-state index in [9.17, 15) is 35.7 Å². The summed E-state index contributed by atoms with van der Waals surface area (Å²) in [7, 11) is -3.38. The van der Waals surface area contributed by atoms with E-state index in [0.717, 1.165) is 5.32 Å². The van der Waals surface area contributed by atoms with Crippen LogP contribution < -0.4 is 20.7 Å². The lowest BCUT2D eigenvalue weighted by molar-refractivity contribution is -0.298. The van der Waals surface area contributed by atoms with E-state index in [-0.39, 0.29) is 24.4 Å². The molecule has 0 aromatic heterocycles. The molecule has 3 aromatic carbocycles. The first-order chi connectivity index (χ1) is 16.3. The number of benzene rings is 3. The standard InChI is InChI=1S/C24H20F6NO3P/c1-22(23(25,26)27,24(28,29)30)31-21(32)34-20-15-9-8-10-17(20)16-35(33,18-11-4-2-5-12-18)19-13-6-3-7-14-19/h2-15H,16H2,1H3,(H,31,32). The third kappa shape index (κ3) is 5.53. The van der Waals surface area contributed by atoms with Gasteiger partial charge in [0.05, 0.1) is 0 Å². The van der Waals surface area contributed by atoms with Crippen LogP contribution in [-0.2, 0) is 10.7 Å². The van der Waals surface area contributed by atoms with E-state index < -0.39 is 31.1 Å². The molecule has 3 aromatic rings. The van der Waals surface area contributed by atoms with E-state index in [1.807, 2.05) is 0 Å². The highest BCUT2D eigenvalue weighted by Gasteiger charge is 2.69. The fourth-order valence-electron chi connectivity index (χ4n) is 3.28. The Balaban J connectivity index is 1.96. The number of halogens is 6. The maximum Gasteiger partial charge on any atom is 0.420 e. The van der Waals surface area contributed by atoms with E-state index in [1.165, 1.54) is 24.3 Å². The predicted octanol–water partition coefficient (Wildman–Crippen LogP) is 6.17. The number of ether oxygens (including phenoxy) is 1. The van der Waals surface area contributed by atoms with Crippen molar-refractivity contribution in [3.8, 4) is 5.75 Å². The van der Waals surface area contributed by atoms with Gasteiger partial charge in [0, 0.05) is 22.3 Å². The van der Waals surface area contributed by atoms with Gasteiger partial charge >= 0.3 is 18.4 Å². The normalized spacial score (nSPS) is 12.8. The molecule has 0 aliphatic heterocycles. The molecule has 0 saturated heterocycles. The summed E-state index contributed by atoms with van der Waals surface area (Å²) in [5.74, 6) is -0.316. The van der Waals surface area contributed by atoms with Crippen LogP contribution in [0.2, 0.25) is 0 Å². The number of hydrogen-bond acceptors (Lipinski definition) is 3. The van der Waals surface area contributed by atoms with Crippen molar-refractivity contribution in [1.29, 1.82) is 0 Å². The van der Waals surface area contributed by atoms with Crippen molar-refractivity contribution in [2.24, 2.45) is 0 Å². The number of alkyl halides is 6. The third-order valence-corrected chi connectivity index (χ3v) is 8.45. The highest BCUT2D eigenvalue weighted by Crippen LogP contribution is 2.48. The Bertz CT molecular complexity index is 1160. The Hall–Kier alpha value is -3.26. The molecule has 0 aliphatic carbocycles. The molecule has 0 radical (unpaired) electrons. The quantitative estimate of drug-likeness (QED) is 0.316. The molecule has 0 aliphatic rings. The maximum absolute atomic E-state index is 14.3. The molecule has 0 atom stereocenters. The smallest absolute Gasteiger partial charge is 0.410 e. The zero-order chi connectivity index (χ0) is 25.9. The molecule has 186 valence electrons. The Morgan fingerprint density at radius 3 is 1.66 bits per heavy atom. The van der Waals surface area contributed by atoms with Gasteiger partial charge in [-0.05, 0) is 13.0 Å². The van der Waals surface area contributed by atoms with Crippen LogP contribution >= 0.6 is 7.14 Å². The summed E-state index contributed by atoms with van der Waals surface area (Å²) in [5.41, 5.74) is -4.37. The summed E-state index contributed by atoms with van der Waals surface area (Å²) in [6.45, 7) is -0.195. The van der Waals surface area contributed by atoms with Crippen molar-refractivity contribution < 1.29 is 40.4 Å². The minimum absolute atomic E-state index is 0.166. The Labute approximate surface area is 197 Å². The fraction of sp³-hybridized carbons (Fsp3) is 0.208. The van der Waals surface area contributed by atoms with Crippen LogP contribution in [0.15, 0.2) is 84.9 Å². The number of carbonyl (C=O) groups is 1. The first-order valence-corrected chi connectivity index (χ1v) is 12.1. The molecule has 0 fully saturated rings. The van der Waals surface area contributed by atoms with Gasteiger partial charge in [-0.1, -0.05) is 78.9 Å². The highest BCUT2D eigenvalue weighted by molar-refractivity contribution is 7.78. The lowest BCUT2D eigenvalue weighted by Crippen LogP contribution is -2.66. The minimum atomic E-state index is -5.83. The summed E-state index contributed by atoms with van der Waals surface area (Å²) >= 11 is 0. The summed E-state index contributed by atoms with van der Waals surface area (Å²) < 4.78 is 98.0. The summed E-state index contributed by atoms with van der Waals surface area (Å²) in [4.78, 5) is 12.2. The Morgan fingerprint density at radius 1 is 0.771 bits per heavy atom. The first kappa shape index (κ1) is 26.3. The molecule has 1 amide bonds. The minimum Gasteiger partial charge on any atom is -0.410 e. The van der Waals surface area contributed by atoms with Crippen molar-refractivity contribution in [3.63, 3.8) is 0 Å². The van der Waals surface area contributed by atoms with Crippen molar-refractivity contribution in [2.75, 3.05) is 0 Å². The van der Waals surface area contributed by atoms with Crippen LogP contribution in [-0.4, -0.2) is 24.0 Å². The van der Waals surface area contributed by atoms with Crippen molar-refractivity contribution in [2.45, 2.75) is 31.0 Å². The van der Waals surface area contributed by atoms with E-state index in [0.29, 0.717) is 10.6 Å². The largest absolute Gasteiger partial charge is 0.420 e. The van der Waals surface area contributed by atoms with E-state index >= 15 is 0 Å². The molecule has 0 heterocycles. The zero-order valence-electron chi connectivity index (χ0n) is 18.2. The molecule has 1 N–H and O–H groups in total. The van der Waals surface area contributed by atoms with E-state index in [1.54, 1.807) is 60.7 Å². The molecule has 11 heteroatoms. The maximum atomic E-state index is 14.3. The van der Waals surface area contributed by atoms with Crippen LogP contribution in [0.5, 0.6) is 5.75 Å². The highest BCUT2D eigenvalue weighted by atomic mass is 31.2. The molecule has 0 unspecified atom stereocenters. The average molecular weight is 515 g/mol. The van der Waals surface area contributed by atoms with Crippen LogP contribution in [0.1, 0.15) is 12.5 Å². The van der Waals surface area contributed by atoms with Gasteiger partial charge in [0.2, 0.25) is 5.54 Å². The molecule has 0 bridgehead atoms. The van der Waals surface area contributed by atoms with Gasteiger partial charge in [0.1, 0.15) is 12.9 Å². The lowest BCUT2D eigenvalue weighted by atomic mass is 10.0. The second kappa shape index (κ2) is 9.77. The molecular weight excluding hydrogens is 495 g/mol. The van der Waals surface area contributed by atoms with Gasteiger partial charge in [-0.2, -0.15) is 26.3 Å². The average Bonchev–Trinajstić information content (AvgIpc) is 2.80. The van der Waals surface area contributed by atoms with E-state index in [2.05, 4.69) is 0 Å². The Kier molecular flexibility index (Phi) is 7.36. The topological polar surface area (TPSA) is 55.4 Å². The first-order valence-electron chi connectivity index (χ1n) is 10.2. The SMILES string of the molecule is CC(NC(=O)Oc1ccccc1CP(=O)(c1ccccc1)c1ccccc1)(C(F)(F)F)C(F)(F)F. The fourth-order valence-corrected chi connectivity index (χ4v) is 5.99. The van der Waals surface area contributed by atoms with Crippen LogP contribution in [0.4, 0.5) is 31.1 Å². The molecule has 0 saturated carbocycles. The predicted molar refractivity (Wildman–Crippen MR) is 120 cm³/mol. The van der Waals surface area contributed by atoms with Crippen molar-refractivity contribution >= 4 is 23.8 Å². The molecular formula is C24H20F6NO3P. The van der Waals surface area contributed by atoms with Gasteiger partial charge in [-0.15, -0.1) is 0 Å². The summed E-state index contributed by atoms with van der Waals surface area (Å²) in [6.07, 6.45) is -13.8. The van der Waals surface area contributed by atoms with Crippen molar-refractivity contribution in [1.82, 2.24) is 5.32 Å². The number of para-hydroxylation sites is 1. The third-order valence-electron chi connectivity index (χ3n) is 5.40. The summed E-state index contributed by atoms with van der Waals surface area (Å²) in [5, 5.41) is 1.85. The second-order valence-corrected chi connectivity index (χ2v) is 10.6. The van der Waals surface area contributed by atoms with Gasteiger partial charge in [0.25, 0.3) is 0 Å². The molecule has 3 rings (SSSR count). The number of hydrogen-bond donors (Lipinski definition) is 1. The van der Waals surface area contributed by atoms with Crippen LogP contribution in [0.25, 0.3) is 0 Å². The molecule has 4 nitrogen and oxygen atoms in total. The van der Waals surface area contributed by atoms with Crippen molar-refractivity contribution in [3.05, 3.63) is 90.5 Å². The number of carbonyl (C=O) groups excluding carboxylic acids is 1. The number of rotatable bonds is 6. The number of amides is 1. The summed E-state index contributed by atoms with van der Waals surface area (Å²) in [6, 6.07) is 22.4.